The zero-order valence-corrected chi connectivity index (χ0v) is 13.9. The summed E-state index contributed by atoms with van der Waals surface area (Å²) in [6.45, 7) is 10.5. The first kappa shape index (κ1) is 17.8. The molecular formula is C16H32OS. The minimum absolute atomic E-state index is 0.174. The highest BCUT2D eigenvalue weighted by Gasteiger charge is 2.22. The summed E-state index contributed by atoms with van der Waals surface area (Å²) < 4.78 is 0.521. The SMILES string of the molecule is C=CCC(O)C1CC=CC1.CC(C)(C)S(C)(C)C. The summed E-state index contributed by atoms with van der Waals surface area (Å²) in [5, 5.41) is 9.44. The normalized spacial score (nSPS) is 19.1. The van der Waals surface area contributed by atoms with Crippen molar-refractivity contribution in [1.82, 2.24) is 0 Å². The molecule has 0 aromatic carbocycles. The van der Waals surface area contributed by atoms with Gasteiger partial charge in [-0.2, -0.15) is 0 Å². The Bertz CT molecular complexity index is 248. The van der Waals surface area contributed by atoms with E-state index in [0.29, 0.717) is 10.7 Å². The lowest BCUT2D eigenvalue weighted by Gasteiger charge is -2.40. The van der Waals surface area contributed by atoms with Crippen LogP contribution in [-0.4, -0.2) is 34.7 Å². The summed E-state index contributed by atoms with van der Waals surface area (Å²) >= 11 is 0. The van der Waals surface area contributed by atoms with E-state index in [2.05, 4.69) is 58.3 Å². The third-order valence-electron chi connectivity index (χ3n) is 3.83. The molecule has 0 radical (unpaired) electrons. The maximum Gasteiger partial charge on any atom is 0.0608 e. The second-order valence-corrected chi connectivity index (χ2v) is 11.6. The van der Waals surface area contributed by atoms with Gasteiger partial charge in [-0.1, -0.05) is 39.0 Å². The van der Waals surface area contributed by atoms with E-state index in [9.17, 15) is 5.11 Å². The molecule has 0 bridgehead atoms. The maximum absolute atomic E-state index is 9.44. The van der Waals surface area contributed by atoms with Crippen molar-refractivity contribution in [1.29, 1.82) is 0 Å². The second kappa shape index (κ2) is 7.40. The van der Waals surface area contributed by atoms with Crippen LogP contribution in [0.15, 0.2) is 24.8 Å². The van der Waals surface area contributed by atoms with Crippen molar-refractivity contribution in [3.8, 4) is 0 Å². The molecule has 108 valence electrons. The Labute approximate surface area is 116 Å². The van der Waals surface area contributed by atoms with Gasteiger partial charge in [0, 0.05) is 0 Å². The quantitative estimate of drug-likeness (QED) is 0.756. The molecule has 18 heavy (non-hydrogen) atoms. The van der Waals surface area contributed by atoms with Gasteiger partial charge in [0.15, 0.2) is 0 Å². The van der Waals surface area contributed by atoms with E-state index in [0.717, 1.165) is 19.3 Å². The Balaban J connectivity index is 0.000000331. The molecule has 0 amide bonds. The molecule has 1 aliphatic carbocycles. The lowest BCUT2D eigenvalue weighted by Crippen LogP contribution is -2.21. The molecule has 1 N–H and O–H groups in total. The lowest BCUT2D eigenvalue weighted by atomic mass is 9.98. The van der Waals surface area contributed by atoms with Gasteiger partial charge >= 0.3 is 0 Å². The highest BCUT2D eigenvalue weighted by atomic mass is 32.3. The van der Waals surface area contributed by atoms with Gasteiger partial charge in [0.2, 0.25) is 0 Å². The molecule has 2 heteroatoms. The minimum atomic E-state index is -0.340. The van der Waals surface area contributed by atoms with Crippen molar-refractivity contribution in [3.63, 3.8) is 0 Å². The topological polar surface area (TPSA) is 20.2 Å². The van der Waals surface area contributed by atoms with Crippen LogP contribution < -0.4 is 0 Å². The molecule has 1 nitrogen and oxygen atoms in total. The number of hydrogen-bond acceptors (Lipinski definition) is 1. The van der Waals surface area contributed by atoms with E-state index in [-0.39, 0.29) is 16.1 Å². The first-order valence-corrected chi connectivity index (χ1v) is 9.57. The molecule has 0 aromatic rings. The van der Waals surface area contributed by atoms with Crippen LogP contribution in [0.5, 0.6) is 0 Å². The maximum atomic E-state index is 9.44. The molecule has 0 aromatic heterocycles. The number of aliphatic hydroxyl groups excluding tert-OH is 1. The first-order valence-electron chi connectivity index (χ1n) is 6.71. The third kappa shape index (κ3) is 6.65. The summed E-state index contributed by atoms with van der Waals surface area (Å²) in [6, 6.07) is 0. The molecule has 1 aliphatic rings. The van der Waals surface area contributed by atoms with Gasteiger partial charge < -0.3 is 5.11 Å². The Hall–Kier alpha value is -0.210. The summed E-state index contributed by atoms with van der Waals surface area (Å²) in [5.41, 5.74) is 0. The summed E-state index contributed by atoms with van der Waals surface area (Å²) in [4.78, 5) is 0. The smallest absolute Gasteiger partial charge is 0.0608 e. The third-order valence-corrected chi connectivity index (χ3v) is 7.51. The molecule has 1 unspecified atom stereocenters. The van der Waals surface area contributed by atoms with Crippen LogP contribution in [0.3, 0.4) is 0 Å². The van der Waals surface area contributed by atoms with Crippen LogP contribution in [0.25, 0.3) is 0 Å². The monoisotopic (exact) mass is 272 g/mol. The predicted molar refractivity (Wildman–Crippen MR) is 87.8 cm³/mol. The Morgan fingerprint density at radius 1 is 1.28 bits per heavy atom. The molecule has 0 saturated carbocycles. The second-order valence-electron chi connectivity index (χ2n) is 6.74. The average Bonchev–Trinajstić information content (AvgIpc) is 2.68. The zero-order chi connectivity index (χ0) is 14.4. The van der Waals surface area contributed by atoms with Crippen LogP contribution in [0.1, 0.15) is 40.0 Å². The standard InChI is InChI=1S/C9H14O.C7H18S/c1-2-5-9(10)8-6-3-4-7-8;1-7(2,3)8(4,5)6/h2-4,8-10H,1,5-7H2;1-6H3. The van der Waals surface area contributed by atoms with Crippen LogP contribution in [0, 0.1) is 5.92 Å². The van der Waals surface area contributed by atoms with Gasteiger partial charge in [0.1, 0.15) is 0 Å². The molecular weight excluding hydrogens is 240 g/mol. The summed E-state index contributed by atoms with van der Waals surface area (Å²) in [6.07, 6.45) is 15.7. The first-order chi connectivity index (χ1) is 8.09. The number of allylic oxidation sites excluding steroid dienone is 2. The minimum Gasteiger partial charge on any atom is -0.392 e. The van der Waals surface area contributed by atoms with E-state index in [1.165, 1.54) is 0 Å². The van der Waals surface area contributed by atoms with Crippen molar-refractivity contribution in [3.05, 3.63) is 24.8 Å². The largest absolute Gasteiger partial charge is 0.392 e. The van der Waals surface area contributed by atoms with Crippen LogP contribution in [-0.2, 0) is 0 Å². The number of rotatable bonds is 3. The fraction of sp³-hybridized carbons (Fsp3) is 0.750. The molecule has 0 fully saturated rings. The average molecular weight is 272 g/mol. The van der Waals surface area contributed by atoms with Crippen molar-refractivity contribution in [2.24, 2.45) is 5.92 Å². The molecule has 0 spiro atoms. The van der Waals surface area contributed by atoms with Gasteiger partial charge in [0.25, 0.3) is 0 Å². The van der Waals surface area contributed by atoms with Crippen LogP contribution >= 0.6 is 10.0 Å². The van der Waals surface area contributed by atoms with Gasteiger partial charge in [-0.3, -0.25) is 0 Å². The fourth-order valence-electron chi connectivity index (χ4n) is 1.32. The zero-order valence-electron chi connectivity index (χ0n) is 13.1. The molecule has 0 aliphatic heterocycles. The van der Waals surface area contributed by atoms with Crippen molar-refractivity contribution >= 4 is 10.0 Å². The summed E-state index contributed by atoms with van der Waals surface area (Å²) in [7, 11) is -0.340. The van der Waals surface area contributed by atoms with Crippen molar-refractivity contribution in [2.75, 3.05) is 18.8 Å². The van der Waals surface area contributed by atoms with Gasteiger partial charge in [0.05, 0.1) is 6.10 Å². The molecule has 0 saturated heterocycles. The van der Waals surface area contributed by atoms with Crippen LogP contribution in [0.2, 0.25) is 0 Å². The molecule has 1 rings (SSSR count). The lowest BCUT2D eigenvalue weighted by molar-refractivity contribution is 0.117. The Kier molecular flexibility index (Phi) is 7.31. The van der Waals surface area contributed by atoms with Gasteiger partial charge in [-0.05, 0) is 48.7 Å². The Morgan fingerprint density at radius 2 is 1.67 bits per heavy atom. The number of aliphatic hydroxyl groups is 1. The van der Waals surface area contributed by atoms with E-state index in [4.69, 9.17) is 0 Å². The van der Waals surface area contributed by atoms with Gasteiger partial charge in [-0.15, -0.1) is 6.58 Å². The molecule has 0 heterocycles. The van der Waals surface area contributed by atoms with Crippen molar-refractivity contribution in [2.45, 2.75) is 50.9 Å². The van der Waals surface area contributed by atoms with Crippen molar-refractivity contribution < 1.29 is 5.11 Å². The summed E-state index contributed by atoms with van der Waals surface area (Å²) in [5.74, 6) is 0.456. The Morgan fingerprint density at radius 3 is 1.94 bits per heavy atom. The fourth-order valence-corrected chi connectivity index (χ4v) is 1.32. The predicted octanol–water partition coefficient (Wildman–Crippen LogP) is 4.37. The van der Waals surface area contributed by atoms with E-state index >= 15 is 0 Å². The van der Waals surface area contributed by atoms with E-state index in [1.54, 1.807) is 6.08 Å². The highest BCUT2D eigenvalue weighted by Crippen LogP contribution is 2.48. The molecule has 1 atom stereocenters. The van der Waals surface area contributed by atoms with E-state index < -0.39 is 0 Å². The number of hydrogen-bond donors (Lipinski definition) is 1. The van der Waals surface area contributed by atoms with Gasteiger partial charge in [-0.25, -0.2) is 10.0 Å². The highest BCUT2D eigenvalue weighted by molar-refractivity contribution is 8.33. The van der Waals surface area contributed by atoms with Crippen LogP contribution in [0.4, 0.5) is 0 Å². The van der Waals surface area contributed by atoms with E-state index in [1.807, 2.05) is 0 Å².